The highest BCUT2D eigenvalue weighted by Crippen LogP contribution is 2.28. The molecule has 3 heterocycles. The van der Waals surface area contributed by atoms with Gasteiger partial charge in [0.15, 0.2) is 5.13 Å². The fraction of sp³-hybridized carbons (Fsp3) is 0.0800. The first-order chi connectivity index (χ1) is 15.3. The molecule has 0 fully saturated rings. The molecule has 3 aromatic heterocycles. The fourth-order valence-corrected chi connectivity index (χ4v) is 4.36. The van der Waals surface area contributed by atoms with E-state index in [9.17, 15) is 4.79 Å². The van der Waals surface area contributed by atoms with Crippen LogP contribution in [-0.4, -0.2) is 26.8 Å². The Bertz CT molecular complexity index is 1310. The zero-order valence-electron chi connectivity index (χ0n) is 16.8. The topological polar surface area (TPSA) is 50.5 Å². The first-order valence-corrected chi connectivity index (χ1v) is 11.0. The molecule has 0 bridgehead atoms. The van der Waals surface area contributed by atoms with Crippen LogP contribution in [0.1, 0.15) is 15.9 Å². The van der Waals surface area contributed by atoms with Crippen molar-refractivity contribution in [3.05, 3.63) is 108 Å². The molecule has 0 saturated heterocycles. The average molecular weight is 425 g/mol. The number of hydrogen-bond acceptors (Lipinski definition) is 4. The summed E-state index contributed by atoms with van der Waals surface area (Å²) in [6, 6.07) is 23.9. The van der Waals surface area contributed by atoms with Gasteiger partial charge in [0.05, 0.1) is 11.3 Å². The highest BCUT2D eigenvalue weighted by molar-refractivity contribution is 7.14. The van der Waals surface area contributed by atoms with Crippen molar-refractivity contribution in [2.45, 2.75) is 6.42 Å². The summed E-state index contributed by atoms with van der Waals surface area (Å²) >= 11 is 1.49. The summed E-state index contributed by atoms with van der Waals surface area (Å²) in [5.41, 5.74) is 4.52. The number of hydrogen-bond donors (Lipinski definition) is 0. The monoisotopic (exact) mass is 424 g/mol. The number of aromatic nitrogens is 3. The zero-order valence-corrected chi connectivity index (χ0v) is 17.6. The lowest BCUT2D eigenvalue weighted by atomic mass is 10.1. The summed E-state index contributed by atoms with van der Waals surface area (Å²) in [4.78, 5) is 24.4. The van der Waals surface area contributed by atoms with E-state index < -0.39 is 0 Å². The van der Waals surface area contributed by atoms with Crippen molar-refractivity contribution in [2.24, 2.45) is 0 Å². The van der Waals surface area contributed by atoms with Crippen LogP contribution in [0.25, 0.3) is 16.9 Å². The third-order valence-electron chi connectivity index (χ3n) is 5.14. The SMILES string of the molecule is O=C(c1ccc2nccn2c1)N(CCc1ccccc1)c1nc(-c2ccccc2)cs1. The van der Waals surface area contributed by atoms with Crippen LogP contribution in [0.3, 0.4) is 0 Å². The first-order valence-electron chi connectivity index (χ1n) is 10.1. The second kappa shape index (κ2) is 8.53. The van der Waals surface area contributed by atoms with Crippen LogP contribution >= 0.6 is 11.3 Å². The lowest BCUT2D eigenvalue weighted by Gasteiger charge is -2.20. The van der Waals surface area contributed by atoms with Gasteiger partial charge in [-0.25, -0.2) is 9.97 Å². The van der Waals surface area contributed by atoms with Crippen LogP contribution in [0.4, 0.5) is 5.13 Å². The number of imidazole rings is 1. The molecule has 5 aromatic rings. The lowest BCUT2D eigenvalue weighted by molar-refractivity contribution is 0.0987. The fourth-order valence-electron chi connectivity index (χ4n) is 3.50. The van der Waals surface area contributed by atoms with Crippen molar-refractivity contribution in [3.8, 4) is 11.3 Å². The van der Waals surface area contributed by atoms with Gasteiger partial charge in [0.1, 0.15) is 5.65 Å². The zero-order chi connectivity index (χ0) is 21.0. The molecular weight excluding hydrogens is 404 g/mol. The van der Waals surface area contributed by atoms with Gasteiger partial charge in [0.25, 0.3) is 5.91 Å². The molecule has 0 N–H and O–H groups in total. The maximum atomic E-state index is 13.5. The predicted molar refractivity (Wildman–Crippen MR) is 125 cm³/mol. The molecule has 1 amide bonds. The van der Waals surface area contributed by atoms with Gasteiger partial charge >= 0.3 is 0 Å². The molecule has 5 nitrogen and oxygen atoms in total. The van der Waals surface area contributed by atoms with Crippen molar-refractivity contribution in [1.29, 1.82) is 0 Å². The van der Waals surface area contributed by atoms with E-state index >= 15 is 0 Å². The van der Waals surface area contributed by atoms with E-state index in [1.54, 1.807) is 11.1 Å². The van der Waals surface area contributed by atoms with Crippen LogP contribution in [0, 0.1) is 0 Å². The van der Waals surface area contributed by atoms with Crippen LogP contribution in [0.15, 0.2) is 96.8 Å². The van der Waals surface area contributed by atoms with Gasteiger partial charge < -0.3 is 4.40 Å². The molecule has 0 saturated carbocycles. The van der Waals surface area contributed by atoms with Gasteiger partial charge in [-0.15, -0.1) is 11.3 Å². The summed E-state index contributed by atoms with van der Waals surface area (Å²) in [5, 5.41) is 2.71. The molecule has 0 aliphatic rings. The predicted octanol–water partition coefficient (Wildman–Crippen LogP) is 5.35. The van der Waals surface area contributed by atoms with Gasteiger partial charge in [-0.3, -0.25) is 9.69 Å². The van der Waals surface area contributed by atoms with Gasteiger partial charge in [-0.2, -0.15) is 0 Å². The Hall–Kier alpha value is -3.77. The molecule has 6 heteroatoms. The number of thiazole rings is 1. The number of nitrogens with zero attached hydrogens (tertiary/aromatic N) is 4. The number of rotatable bonds is 6. The van der Waals surface area contributed by atoms with E-state index in [0.29, 0.717) is 17.2 Å². The van der Waals surface area contributed by atoms with E-state index in [-0.39, 0.29) is 5.91 Å². The van der Waals surface area contributed by atoms with Crippen LogP contribution in [-0.2, 0) is 6.42 Å². The summed E-state index contributed by atoms with van der Waals surface area (Å²) in [6.07, 6.45) is 6.15. The number of carbonyl (C=O) groups excluding carboxylic acids is 1. The van der Waals surface area contributed by atoms with Gasteiger partial charge in [0, 0.05) is 36.1 Å². The summed E-state index contributed by atoms with van der Waals surface area (Å²) in [7, 11) is 0. The quantitative estimate of drug-likeness (QED) is 0.369. The van der Waals surface area contributed by atoms with E-state index in [2.05, 4.69) is 17.1 Å². The standard InChI is InChI=1S/C25H20N4OS/c30-24(21-11-12-23-26-14-16-28(23)17-21)29(15-13-19-7-3-1-4-8-19)25-27-22(18-31-25)20-9-5-2-6-10-20/h1-12,14,16-18H,13,15H2. The molecule has 0 spiro atoms. The number of fused-ring (bicyclic) bond motifs is 1. The van der Waals surface area contributed by atoms with Gasteiger partial charge in [-0.05, 0) is 24.1 Å². The molecule has 0 aliphatic carbocycles. The molecule has 0 unspecified atom stereocenters. The summed E-state index contributed by atoms with van der Waals surface area (Å²) in [6.45, 7) is 0.548. The Morgan fingerprint density at radius 2 is 1.74 bits per heavy atom. The highest BCUT2D eigenvalue weighted by Gasteiger charge is 2.21. The third kappa shape index (κ3) is 4.11. The smallest absolute Gasteiger partial charge is 0.261 e. The Morgan fingerprint density at radius 1 is 0.968 bits per heavy atom. The van der Waals surface area contributed by atoms with Crippen LogP contribution in [0.2, 0.25) is 0 Å². The second-order valence-electron chi connectivity index (χ2n) is 7.18. The summed E-state index contributed by atoms with van der Waals surface area (Å²) < 4.78 is 1.86. The molecule has 31 heavy (non-hydrogen) atoms. The Balaban J connectivity index is 1.48. The van der Waals surface area contributed by atoms with Crippen LogP contribution in [0.5, 0.6) is 0 Å². The third-order valence-corrected chi connectivity index (χ3v) is 6.00. The van der Waals surface area contributed by atoms with Gasteiger partial charge in [0.2, 0.25) is 0 Å². The molecule has 5 rings (SSSR count). The molecular formula is C25H20N4OS. The van der Waals surface area contributed by atoms with Crippen molar-refractivity contribution in [3.63, 3.8) is 0 Å². The number of pyridine rings is 1. The molecule has 152 valence electrons. The van der Waals surface area contributed by atoms with Crippen molar-refractivity contribution >= 4 is 28.0 Å². The second-order valence-corrected chi connectivity index (χ2v) is 8.02. The van der Waals surface area contributed by atoms with Gasteiger partial charge in [-0.1, -0.05) is 60.7 Å². The number of anilines is 1. The van der Waals surface area contributed by atoms with E-state index in [1.165, 1.54) is 16.9 Å². The molecule has 0 radical (unpaired) electrons. The number of amides is 1. The highest BCUT2D eigenvalue weighted by atomic mass is 32.1. The number of carbonyl (C=O) groups is 1. The Morgan fingerprint density at radius 3 is 2.55 bits per heavy atom. The van der Waals surface area contributed by atoms with Crippen molar-refractivity contribution in [1.82, 2.24) is 14.4 Å². The van der Waals surface area contributed by atoms with E-state index in [0.717, 1.165) is 23.3 Å². The molecule has 0 aliphatic heterocycles. The average Bonchev–Trinajstić information content (AvgIpc) is 3.50. The Kier molecular flexibility index (Phi) is 5.29. The molecule has 0 atom stereocenters. The minimum absolute atomic E-state index is 0.0690. The minimum atomic E-state index is -0.0690. The van der Waals surface area contributed by atoms with Crippen molar-refractivity contribution in [2.75, 3.05) is 11.4 Å². The number of benzene rings is 2. The molecule has 2 aromatic carbocycles. The lowest BCUT2D eigenvalue weighted by Crippen LogP contribution is -2.33. The Labute approximate surface area is 184 Å². The maximum absolute atomic E-state index is 13.5. The van der Waals surface area contributed by atoms with E-state index in [4.69, 9.17) is 4.98 Å². The maximum Gasteiger partial charge on any atom is 0.261 e. The summed E-state index contributed by atoms with van der Waals surface area (Å²) in [5.74, 6) is -0.0690. The minimum Gasteiger partial charge on any atom is -0.306 e. The van der Waals surface area contributed by atoms with Crippen LogP contribution < -0.4 is 4.90 Å². The van der Waals surface area contributed by atoms with Crippen molar-refractivity contribution < 1.29 is 4.79 Å². The largest absolute Gasteiger partial charge is 0.306 e. The first kappa shape index (κ1) is 19.2. The van der Waals surface area contributed by atoms with E-state index in [1.807, 2.05) is 82.8 Å². The normalized spacial score (nSPS) is 11.0.